The molecule has 0 unspecified atom stereocenters. The Labute approximate surface area is 167 Å². The fourth-order valence-corrected chi connectivity index (χ4v) is 4.82. The minimum Gasteiger partial charge on any atom is -0.382 e. The SMILES string of the molecule is C[C@H]1CCc2c(ccc3c2nc(Cc2ccccc2)n3CC2CCNCC2)N1. The number of piperidine rings is 1. The Bertz CT molecular complexity index is 954. The second-order valence-electron chi connectivity index (χ2n) is 8.54. The Hall–Kier alpha value is -2.33. The summed E-state index contributed by atoms with van der Waals surface area (Å²) in [6, 6.07) is 15.9. The van der Waals surface area contributed by atoms with Crippen LogP contribution in [0.25, 0.3) is 11.0 Å². The number of benzene rings is 2. The molecule has 1 fully saturated rings. The summed E-state index contributed by atoms with van der Waals surface area (Å²) in [5.74, 6) is 1.95. The molecule has 2 N–H and O–H groups in total. The lowest BCUT2D eigenvalue weighted by Gasteiger charge is -2.25. The van der Waals surface area contributed by atoms with Crippen LogP contribution in [0.1, 0.15) is 43.1 Å². The van der Waals surface area contributed by atoms with E-state index in [-0.39, 0.29) is 0 Å². The molecule has 2 aromatic carbocycles. The number of hydrogen-bond acceptors (Lipinski definition) is 3. The number of nitrogens with one attached hydrogen (secondary N) is 2. The summed E-state index contributed by atoms with van der Waals surface area (Å²) in [6.45, 7) is 5.64. The van der Waals surface area contributed by atoms with Gasteiger partial charge in [-0.05, 0) is 69.3 Å². The number of rotatable bonds is 4. The fourth-order valence-electron chi connectivity index (χ4n) is 4.82. The molecule has 1 saturated heterocycles. The minimum absolute atomic E-state index is 0.547. The number of hydrogen-bond donors (Lipinski definition) is 2. The van der Waals surface area contributed by atoms with Crippen LogP contribution in [0.4, 0.5) is 5.69 Å². The van der Waals surface area contributed by atoms with E-state index in [0.29, 0.717) is 6.04 Å². The van der Waals surface area contributed by atoms with Crippen LogP contribution in [0.2, 0.25) is 0 Å². The number of aromatic nitrogens is 2. The molecule has 1 atom stereocenters. The standard InChI is InChI=1S/C24H30N4/c1-17-7-8-20-21(26-17)9-10-22-24(20)27-23(15-18-5-3-2-4-6-18)28(22)16-19-11-13-25-14-12-19/h2-6,9-10,17,19,25-26H,7-8,11-16H2,1H3/t17-/m0/s1. The van der Waals surface area contributed by atoms with Crippen molar-refractivity contribution in [1.82, 2.24) is 14.9 Å². The average molecular weight is 375 g/mol. The lowest BCUT2D eigenvalue weighted by molar-refractivity contribution is 0.333. The van der Waals surface area contributed by atoms with E-state index in [9.17, 15) is 0 Å². The Kier molecular flexibility index (Phi) is 4.81. The van der Waals surface area contributed by atoms with Gasteiger partial charge in [0.05, 0.1) is 11.0 Å². The van der Waals surface area contributed by atoms with E-state index in [1.54, 1.807) is 0 Å². The maximum Gasteiger partial charge on any atom is 0.114 e. The zero-order valence-corrected chi connectivity index (χ0v) is 16.7. The van der Waals surface area contributed by atoms with Crippen molar-refractivity contribution in [3.8, 4) is 0 Å². The smallest absolute Gasteiger partial charge is 0.114 e. The van der Waals surface area contributed by atoms with Gasteiger partial charge in [-0.15, -0.1) is 0 Å². The lowest BCUT2D eigenvalue weighted by Crippen LogP contribution is -2.30. The molecular weight excluding hydrogens is 344 g/mol. The van der Waals surface area contributed by atoms with Gasteiger partial charge < -0.3 is 15.2 Å². The van der Waals surface area contributed by atoms with Crippen molar-refractivity contribution >= 4 is 16.7 Å². The molecule has 4 heteroatoms. The van der Waals surface area contributed by atoms with Crippen LogP contribution in [-0.2, 0) is 19.4 Å². The third kappa shape index (κ3) is 3.42. The summed E-state index contributed by atoms with van der Waals surface area (Å²) in [7, 11) is 0. The van der Waals surface area contributed by atoms with Gasteiger partial charge in [-0.1, -0.05) is 30.3 Å². The first-order valence-corrected chi connectivity index (χ1v) is 10.8. The van der Waals surface area contributed by atoms with Crippen molar-refractivity contribution in [3.63, 3.8) is 0 Å². The maximum absolute atomic E-state index is 5.22. The normalized spacial score (nSPS) is 20.1. The van der Waals surface area contributed by atoms with Crippen molar-refractivity contribution in [3.05, 3.63) is 59.4 Å². The molecule has 4 nitrogen and oxygen atoms in total. The number of imidazole rings is 1. The molecule has 5 rings (SSSR count). The molecule has 2 aliphatic heterocycles. The topological polar surface area (TPSA) is 41.9 Å². The molecule has 0 saturated carbocycles. The van der Waals surface area contributed by atoms with Crippen LogP contribution in [-0.4, -0.2) is 28.7 Å². The highest BCUT2D eigenvalue weighted by molar-refractivity contribution is 5.86. The third-order valence-corrected chi connectivity index (χ3v) is 6.44. The molecule has 3 heterocycles. The van der Waals surface area contributed by atoms with Gasteiger partial charge in [-0.25, -0.2) is 4.98 Å². The molecule has 0 spiro atoms. The predicted molar refractivity (Wildman–Crippen MR) is 116 cm³/mol. The number of anilines is 1. The van der Waals surface area contributed by atoms with Crippen LogP contribution in [0, 0.1) is 5.92 Å². The van der Waals surface area contributed by atoms with Crippen LogP contribution < -0.4 is 10.6 Å². The van der Waals surface area contributed by atoms with Crippen LogP contribution >= 0.6 is 0 Å². The summed E-state index contributed by atoms with van der Waals surface area (Å²) < 4.78 is 2.52. The van der Waals surface area contributed by atoms with E-state index in [1.807, 2.05) is 0 Å². The van der Waals surface area contributed by atoms with Crippen molar-refractivity contribution in [2.75, 3.05) is 18.4 Å². The van der Waals surface area contributed by atoms with Gasteiger partial charge in [-0.2, -0.15) is 0 Å². The Morgan fingerprint density at radius 1 is 1.04 bits per heavy atom. The quantitative estimate of drug-likeness (QED) is 0.712. The van der Waals surface area contributed by atoms with Crippen LogP contribution in [0.5, 0.6) is 0 Å². The van der Waals surface area contributed by atoms with Crippen LogP contribution in [0.15, 0.2) is 42.5 Å². The number of aryl methyl sites for hydroxylation is 1. The van der Waals surface area contributed by atoms with Gasteiger partial charge in [0, 0.05) is 30.3 Å². The van der Waals surface area contributed by atoms with Crippen molar-refractivity contribution < 1.29 is 0 Å². The highest BCUT2D eigenvalue weighted by atomic mass is 15.1. The molecule has 3 aromatic rings. The van der Waals surface area contributed by atoms with Crippen molar-refractivity contribution in [2.45, 2.75) is 51.6 Å². The van der Waals surface area contributed by atoms with Gasteiger partial charge in [-0.3, -0.25) is 0 Å². The lowest BCUT2D eigenvalue weighted by atomic mass is 9.96. The first-order chi connectivity index (χ1) is 13.8. The maximum atomic E-state index is 5.22. The van der Waals surface area contributed by atoms with E-state index >= 15 is 0 Å². The third-order valence-electron chi connectivity index (χ3n) is 6.44. The van der Waals surface area contributed by atoms with E-state index in [0.717, 1.165) is 38.4 Å². The molecule has 146 valence electrons. The summed E-state index contributed by atoms with van der Waals surface area (Å²) in [6.07, 6.45) is 5.72. The monoisotopic (exact) mass is 374 g/mol. The van der Waals surface area contributed by atoms with Gasteiger partial charge in [0.25, 0.3) is 0 Å². The molecule has 0 amide bonds. The molecule has 2 aliphatic rings. The number of nitrogens with zero attached hydrogens (tertiary/aromatic N) is 2. The molecule has 0 aliphatic carbocycles. The predicted octanol–water partition coefficient (Wildman–Crippen LogP) is 4.37. The van der Waals surface area contributed by atoms with Gasteiger partial charge in [0.1, 0.15) is 5.82 Å². The molecular formula is C24H30N4. The minimum atomic E-state index is 0.547. The van der Waals surface area contributed by atoms with E-state index < -0.39 is 0 Å². The molecule has 28 heavy (non-hydrogen) atoms. The van der Waals surface area contributed by atoms with E-state index in [4.69, 9.17) is 4.98 Å². The van der Waals surface area contributed by atoms with Gasteiger partial charge in [0.15, 0.2) is 0 Å². The first-order valence-electron chi connectivity index (χ1n) is 10.8. The average Bonchev–Trinajstić information content (AvgIpc) is 3.06. The van der Waals surface area contributed by atoms with Crippen molar-refractivity contribution in [1.29, 1.82) is 0 Å². The zero-order chi connectivity index (χ0) is 18.9. The fraction of sp³-hybridized carbons (Fsp3) is 0.458. The molecule has 1 aromatic heterocycles. The first kappa shape index (κ1) is 17.7. The van der Waals surface area contributed by atoms with Crippen LogP contribution in [0.3, 0.4) is 0 Å². The van der Waals surface area contributed by atoms with E-state index in [2.05, 4.69) is 64.6 Å². The Morgan fingerprint density at radius 2 is 1.86 bits per heavy atom. The van der Waals surface area contributed by atoms with E-state index in [1.165, 1.54) is 52.9 Å². The molecule has 0 radical (unpaired) electrons. The number of fused-ring (bicyclic) bond motifs is 3. The summed E-state index contributed by atoms with van der Waals surface area (Å²) in [5, 5.41) is 7.15. The molecule has 0 bridgehead atoms. The largest absolute Gasteiger partial charge is 0.382 e. The zero-order valence-electron chi connectivity index (χ0n) is 16.7. The highest BCUT2D eigenvalue weighted by Gasteiger charge is 2.23. The second-order valence-corrected chi connectivity index (χ2v) is 8.54. The summed E-state index contributed by atoms with van der Waals surface area (Å²) in [5.41, 5.74) is 6.57. The van der Waals surface area contributed by atoms with Gasteiger partial charge in [0.2, 0.25) is 0 Å². The van der Waals surface area contributed by atoms with Crippen molar-refractivity contribution in [2.24, 2.45) is 5.92 Å². The van der Waals surface area contributed by atoms with Gasteiger partial charge >= 0.3 is 0 Å². The summed E-state index contributed by atoms with van der Waals surface area (Å²) >= 11 is 0. The Morgan fingerprint density at radius 3 is 2.68 bits per heavy atom. The Balaban J connectivity index is 1.57. The summed E-state index contributed by atoms with van der Waals surface area (Å²) in [4.78, 5) is 5.22. The highest BCUT2D eigenvalue weighted by Crippen LogP contribution is 2.33. The second kappa shape index (κ2) is 7.59.